The van der Waals surface area contributed by atoms with Crippen LogP contribution in [0.4, 0.5) is 0 Å². The molecule has 5 aliphatic carbocycles. The van der Waals surface area contributed by atoms with E-state index in [1.807, 2.05) is 12.1 Å². The van der Waals surface area contributed by atoms with E-state index in [1.54, 1.807) is 26.1 Å². The van der Waals surface area contributed by atoms with Crippen LogP contribution < -0.4 is 0 Å². The van der Waals surface area contributed by atoms with Gasteiger partial charge in [0.25, 0.3) is 0 Å². The molecule has 46 heavy (non-hydrogen) atoms. The second-order valence-corrected chi connectivity index (χ2v) is 17.8. The molecule has 8 heteroatoms. The average molecular weight is 638 g/mol. The molecule has 7 rings (SSSR count). The Hall–Kier alpha value is -2.03. The van der Waals surface area contributed by atoms with Crippen LogP contribution in [0.5, 0.6) is 0 Å². The molecule has 6 aliphatic rings. The van der Waals surface area contributed by atoms with Crippen LogP contribution in [-0.4, -0.2) is 63.3 Å². The largest absolute Gasteiger partial charge is 0.457 e. The summed E-state index contributed by atoms with van der Waals surface area (Å²) in [5.41, 5.74) is -1.09. The molecule has 1 saturated heterocycles. The molecule has 0 aromatic carbocycles. The number of hydrogen-bond donors (Lipinski definition) is 2. The molecule has 0 amide bonds. The van der Waals surface area contributed by atoms with Crippen molar-refractivity contribution in [1.82, 2.24) is 4.98 Å². The number of hydrogen-bond acceptors (Lipinski definition) is 8. The third kappa shape index (κ3) is 4.17. The fraction of sp³-hybridized carbons (Fsp3) is 0.816. The number of carbonyl (C=O) groups is 2. The van der Waals surface area contributed by atoms with Gasteiger partial charge in [-0.15, -0.1) is 0 Å². The van der Waals surface area contributed by atoms with Gasteiger partial charge in [-0.1, -0.05) is 40.7 Å². The van der Waals surface area contributed by atoms with Gasteiger partial charge in [-0.25, -0.2) is 9.78 Å². The Morgan fingerprint density at radius 1 is 1.04 bits per heavy atom. The van der Waals surface area contributed by atoms with E-state index in [2.05, 4.69) is 39.6 Å². The molecule has 254 valence electrons. The van der Waals surface area contributed by atoms with Crippen LogP contribution in [-0.2, 0) is 19.0 Å². The Bertz CT molecular complexity index is 1390. The first-order valence-corrected chi connectivity index (χ1v) is 17.8. The highest BCUT2D eigenvalue weighted by Gasteiger charge is 2.84. The van der Waals surface area contributed by atoms with Crippen molar-refractivity contribution in [2.75, 3.05) is 0 Å². The van der Waals surface area contributed by atoms with Gasteiger partial charge >= 0.3 is 11.9 Å². The van der Waals surface area contributed by atoms with Crippen LogP contribution in [0.3, 0.4) is 0 Å². The molecule has 6 fully saturated rings. The zero-order valence-electron chi connectivity index (χ0n) is 29.0. The summed E-state index contributed by atoms with van der Waals surface area (Å²) in [7, 11) is 0. The lowest BCUT2D eigenvalue weighted by atomic mass is 9.41. The molecule has 0 bridgehead atoms. The van der Waals surface area contributed by atoms with Gasteiger partial charge in [0.05, 0.1) is 23.9 Å². The first kappa shape index (κ1) is 32.5. The van der Waals surface area contributed by atoms with Gasteiger partial charge in [0, 0.05) is 24.0 Å². The van der Waals surface area contributed by atoms with Crippen LogP contribution >= 0.6 is 0 Å². The van der Waals surface area contributed by atoms with Crippen molar-refractivity contribution in [2.45, 2.75) is 143 Å². The third-order valence-corrected chi connectivity index (χ3v) is 15.2. The lowest BCUT2D eigenvalue weighted by Gasteiger charge is -2.63. The molecule has 5 saturated carbocycles. The number of aromatic nitrogens is 1. The maximum absolute atomic E-state index is 13.1. The fourth-order valence-corrected chi connectivity index (χ4v) is 13.2. The van der Waals surface area contributed by atoms with Gasteiger partial charge in [0.15, 0.2) is 6.10 Å². The maximum atomic E-state index is 13.1. The number of nitrogens with zero attached hydrogens (tertiary/aromatic N) is 1. The van der Waals surface area contributed by atoms with Crippen molar-refractivity contribution in [3.63, 3.8) is 0 Å². The molecular weight excluding hydrogens is 582 g/mol. The molecule has 0 radical (unpaired) electrons. The number of fused-ring (bicyclic) bond motifs is 4. The topological polar surface area (TPSA) is 115 Å². The van der Waals surface area contributed by atoms with E-state index in [-0.39, 0.29) is 57.1 Å². The monoisotopic (exact) mass is 637 g/mol. The maximum Gasteiger partial charge on any atom is 0.357 e. The Morgan fingerprint density at radius 3 is 2.39 bits per heavy atom. The first-order valence-electron chi connectivity index (χ1n) is 17.8. The summed E-state index contributed by atoms with van der Waals surface area (Å²) in [6.07, 6.45) is 7.31. The highest BCUT2D eigenvalue weighted by molar-refractivity contribution is 5.87. The number of ether oxygens (including phenoxy) is 3. The smallest absolute Gasteiger partial charge is 0.357 e. The Kier molecular flexibility index (Phi) is 7.24. The average Bonchev–Trinajstić information content (AvgIpc) is 3.61. The van der Waals surface area contributed by atoms with Gasteiger partial charge in [-0.3, -0.25) is 4.79 Å². The van der Waals surface area contributed by atoms with E-state index < -0.39 is 29.9 Å². The minimum absolute atomic E-state index is 0.0927. The summed E-state index contributed by atoms with van der Waals surface area (Å²) in [6, 6.07) is 5.35. The molecule has 1 aromatic heterocycles. The SMILES string of the molecule is CC(=O)O[C@@H]([C@@H]1C[C@@H](C)[C@H]2[C@H](O1)[C@H](O)[C@@]1(C)[C@@H]3CC[C@H]4C(C)(C)[C@@H](OC(=O)c5ccccn5)CC[C@@]45C[C@@]35CC[C@]21C)C(C)(C)O. The molecule has 8 nitrogen and oxygen atoms in total. The fourth-order valence-electron chi connectivity index (χ4n) is 13.2. The lowest BCUT2D eigenvalue weighted by Crippen LogP contribution is -2.60. The Morgan fingerprint density at radius 2 is 1.74 bits per heavy atom. The highest BCUT2D eigenvalue weighted by atomic mass is 16.6. The van der Waals surface area contributed by atoms with Crippen molar-refractivity contribution >= 4 is 11.9 Å². The van der Waals surface area contributed by atoms with Crippen molar-refractivity contribution < 1.29 is 34.0 Å². The van der Waals surface area contributed by atoms with Crippen molar-refractivity contribution in [1.29, 1.82) is 0 Å². The van der Waals surface area contributed by atoms with Gasteiger partial charge in [-0.2, -0.15) is 0 Å². The van der Waals surface area contributed by atoms with Crippen LogP contribution in [0.1, 0.15) is 117 Å². The summed E-state index contributed by atoms with van der Waals surface area (Å²) in [5, 5.41) is 23.5. The van der Waals surface area contributed by atoms with E-state index in [1.165, 1.54) is 19.8 Å². The summed E-state index contributed by atoms with van der Waals surface area (Å²) >= 11 is 0. The molecule has 1 aromatic rings. The summed E-state index contributed by atoms with van der Waals surface area (Å²) in [4.78, 5) is 29.4. The lowest BCUT2D eigenvalue weighted by molar-refractivity contribution is -0.216. The molecule has 2 heterocycles. The number of aliphatic hydroxyl groups is 2. The minimum Gasteiger partial charge on any atom is -0.457 e. The number of pyridine rings is 1. The normalized spacial score (nSPS) is 47.6. The number of rotatable bonds is 5. The summed E-state index contributed by atoms with van der Waals surface area (Å²) in [6.45, 7) is 16.4. The van der Waals surface area contributed by atoms with Crippen molar-refractivity contribution in [2.24, 2.45) is 50.7 Å². The van der Waals surface area contributed by atoms with Gasteiger partial charge < -0.3 is 24.4 Å². The second-order valence-electron chi connectivity index (χ2n) is 17.8. The van der Waals surface area contributed by atoms with E-state index in [0.717, 1.165) is 32.1 Å². The molecule has 1 aliphatic heterocycles. The first-order chi connectivity index (χ1) is 21.4. The van der Waals surface area contributed by atoms with E-state index >= 15 is 0 Å². The zero-order chi connectivity index (χ0) is 33.2. The van der Waals surface area contributed by atoms with E-state index in [4.69, 9.17) is 14.2 Å². The summed E-state index contributed by atoms with van der Waals surface area (Å²) in [5.74, 6) is 0.494. The van der Waals surface area contributed by atoms with Crippen molar-refractivity contribution in [3.8, 4) is 0 Å². The van der Waals surface area contributed by atoms with Crippen molar-refractivity contribution in [3.05, 3.63) is 30.1 Å². The van der Waals surface area contributed by atoms with Crippen LogP contribution in [0.15, 0.2) is 24.4 Å². The Balaban J connectivity index is 1.16. The van der Waals surface area contributed by atoms with Gasteiger partial charge in [0.1, 0.15) is 11.8 Å². The van der Waals surface area contributed by atoms with Crippen LogP contribution in [0.2, 0.25) is 0 Å². The van der Waals surface area contributed by atoms with Gasteiger partial charge in [0.2, 0.25) is 0 Å². The van der Waals surface area contributed by atoms with E-state index in [0.29, 0.717) is 24.0 Å². The molecule has 2 N–H and O–H groups in total. The predicted octanol–water partition coefficient (Wildman–Crippen LogP) is 6.12. The molecular formula is C38H55NO7. The zero-order valence-corrected chi connectivity index (χ0v) is 29.0. The molecule has 2 spiro atoms. The highest BCUT2D eigenvalue weighted by Crippen LogP contribution is 2.89. The minimum atomic E-state index is -1.27. The number of esters is 2. The third-order valence-electron chi connectivity index (χ3n) is 15.2. The van der Waals surface area contributed by atoms with Gasteiger partial charge in [-0.05, 0) is 117 Å². The number of carbonyl (C=O) groups excluding carboxylic acids is 2. The van der Waals surface area contributed by atoms with Crippen LogP contribution in [0.25, 0.3) is 0 Å². The molecule has 13 atom stereocenters. The van der Waals surface area contributed by atoms with Crippen LogP contribution in [0, 0.1) is 50.7 Å². The Labute approximate surface area is 274 Å². The quantitative estimate of drug-likeness (QED) is 0.371. The summed E-state index contributed by atoms with van der Waals surface area (Å²) < 4.78 is 18.7. The van der Waals surface area contributed by atoms with E-state index in [9.17, 15) is 19.8 Å². The molecule has 0 unspecified atom stereocenters. The standard InChI is InChI=1S/C38H55NO7/c1-21-19-24(31(34(5,6)43)44-22(2)40)45-29-28(21)35(7)16-17-38-20-37(38)15-14-27(46-32(42)23-11-9-10-18-39-23)33(3,4)25(37)12-13-26(38)36(35,8)30(29)41/h9-11,18,21,24-31,41,43H,12-17,19-20H2,1-8H3/t21-,24+,25+,26+,27+,28+,29+,30+,31+,35-,36-,37-,38+/m1/s1. The number of aliphatic hydroxyl groups excluding tert-OH is 1. The predicted molar refractivity (Wildman–Crippen MR) is 171 cm³/mol. The second kappa shape index (κ2) is 10.2.